The lowest BCUT2D eigenvalue weighted by Crippen LogP contribution is -2.32. The second-order valence-corrected chi connectivity index (χ2v) is 4.37. The Labute approximate surface area is 99.9 Å². The van der Waals surface area contributed by atoms with Gasteiger partial charge in [-0.05, 0) is 26.0 Å². The van der Waals surface area contributed by atoms with E-state index in [-0.39, 0.29) is 6.04 Å². The zero-order valence-electron chi connectivity index (χ0n) is 10.0. The van der Waals surface area contributed by atoms with Gasteiger partial charge in [-0.25, -0.2) is 4.98 Å². The molecule has 0 saturated heterocycles. The first-order valence-corrected chi connectivity index (χ1v) is 5.86. The third-order valence-electron chi connectivity index (χ3n) is 3.07. The number of fused-ring (bicyclic) bond motifs is 1. The minimum absolute atomic E-state index is 0.259. The molecule has 0 unspecified atom stereocenters. The molecule has 0 saturated carbocycles. The smallest absolute Gasteiger partial charge is 0.182 e. The largest absolute Gasteiger partial charge is 0.307 e. The van der Waals surface area contributed by atoms with Crippen molar-refractivity contribution < 1.29 is 0 Å². The summed E-state index contributed by atoms with van der Waals surface area (Å²) < 4.78 is 2.16. The second-order valence-electron chi connectivity index (χ2n) is 4.37. The molecule has 2 aromatic rings. The average molecular weight is 229 g/mol. The normalized spacial score (nSPS) is 19.1. The first-order valence-electron chi connectivity index (χ1n) is 5.86. The Hall–Kier alpha value is -1.75. The maximum atomic E-state index is 4.51. The lowest BCUT2D eigenvalue weighted by Gasteiger charge is -2.21. The minimum atomic E-state index is 0.259. The zero-order valence-corrected chi connectivity index (χ0v) is 10.0. The maximum Gasteiger partial charge on any atom is 0.182 e. The molecule has 0 fully saturated rings. The van der Waals surface area contributed by atoms with Crippen LogP contribution in [0.1, 0.15) is 24.5 Å². The summed E-state index contributed by atoms with van der Waals surface area (Å²) in [5.74, 6) is 1.87. The molecule has 0 spiro atoms. The monoisotopic (exact) mass is 229 g/mol. The molecule has 5 nitrogen and oxygen atoms in total. The van der Waals surface area contributed by atoms with Crippen LogP contribution in [0, 0.1) is 6.92 Å². The highest BCUT2D eigenvalue weighted by Crippen LogP contribution is 2.21. The molecular formula is C12H15N5. The molecule has 1 N–H and O–H groups in total. The number of aromatic nitrogens is 4. The van der Waals surface area contributed by atoms with Gasteiger partial charge >= 0.3 is 0 Å². The summed E-state index contributed by atoms with van der Waals surface area (Å²) in [4.78, 5) is 4.51. The van der Waals surface area contributed by atoms with Gasteiger partial charge < -0.3 is 9.88 Å². The van der Waals surface area contributed by atoms with Crippen molar-refractivity contribution in [3.05, 3.63) is 29.7 Å². The van der Waals surface area contributed by atoms with E-state index in [4.69, 9.17) is 0 Å². The number of hydrogen-bond donors (Lipinski definition) is 1. The van der Waals surface area contributed by atoms with E-state index in [0.717, 1.165) is 36.1 Å². The molecule has 0 bridgehead atoms. The summed E-state index contributed by atoms with van der Waals surface area (Å²) in [5.41, 5.74) is 1.90. The fraction of sp³-hybridized carbons (Fsp3) is 0.417. The van der Waals surface area contributed by atoms with E-state index in [1.807, 2.05) is 25.1 Å². The number of rotatable bonds is 1. The fourth-order valence-corrected chi connectivity index (χ4v) is 2.20. The number of nitrogens with one attached hydrogen (secondary N) is 1. The van der Waals surface area contributed by atoms with Crippen LogP contribution in [0.3, 0.4) is 0 Å². The Morgan fingerprint density at radius 1 is 1.35 bits per heavy atom. The molecule has 1 aliphatic heterocycles. The van der Waals surface area contributed by atoms with Crippen LogP contribution in [0.5, 0.6) is 0 Å². The van der Waals surface area contributed by atoms with Crippen molar-refractivity contribution in [2.45, 2.75) is 26.4 Å². The summed E-state index contributed by atoms with van der Waals surface area (Å²) in [5, 5.41) is 11.9. The van der Waals surface area contributed by atoms with Crippen molar-refractivity contribution in [3.8, 4) is 11.5 Å². The first kappa shape index (κ1) is 10.4. The van der Waals surface area contributed by atoms with Crippen LogP contribution >= 0.6 is 0 Å². The summed E-state index contributed by atoms with van der Waals surface area (Å²) >= 11 is 0. The first-order chi connectivity index (χ1) is 8.25. The van der Waals surface area contributed by atoms with Crippen molar-refractivity contribution in [1.82, 2.24) is 25.1 Å². The lowest BCUT2D eigenvalue weighted by atomic mass is 10.2. The lowest BCUT2D eigenvalue weighted by molar-refractivity contribution is 0.438. The number of hydrogen-bond acceptors (Lipinski definition) is 4. The molecule has 88 valence electrons. The van der Waals surface area contributed by atoms with Crippen LogP contribution in [-0.4, -0.2) is 26.3 Å². The summed E-state index contributed by atoms with van der Waals surface area (Å²) in [6.45, 7) is 5.94. The molecule has 0 aromatic carbocycles. The Kier molecular flexibility index (Phi) is 2.40. The van der Waals surface area contributed by atoms with Gasteiger partial charge in [-0.2, -0.15) is 0 Å². The van der Waals surface area contributed by atoms with Gasteiger partial charge in [0.1, 0.15) is 11.5 Å². The number of nitrogens with zero attached hydrogens (tertiary/aromatic N) is 4. The van der Waals surface area contributed by atoms with Crippen molar-refractivity contribution in [2.75, 3.05) is 6.54 Å². The van der Waals surface area contributed by atoms with E-state index in [2.05, 4.69) is 32.0 Å². The van der Waals surface area contributed by atoms with E-state index >= 15 is 0 Å². The molecule has 3 rings (SSSR count). The van der Waals surface area contributed by atoms with E-state index in [0.29, 0.717) is 0 Å². The zero-order chi connectivity index (χ0) is 11.8. The van der Waals surface area contributed by atoms with Crippen molar-refractivity contribution >= 4 is 0 Å². The van der Waals surface area contributed by atoms with E-state index in [1.54, 1.807) is 0 Å². The van der Waals surface area contributed by atoms with Gasteiger partial charge in [-0.1, -0.05) is 6.07 Å². The highest BCUT2D eigenvalue weighted by molar-refractivity contribution is 5.50. The fourth-order valence-electron chi connectivity index (χ4n) is 2.20. The molecule has 1 aliphatic rings. The van der Waals surface area contributed by atoms with E-state index < -0.39 is 0 Å². The molecule has 0 radical (unpaired) electrons. The molecule has 2 aromatic heterocycles. The van der Waals surface area contributed by atoms with Crippen LogP contribution in [0.4, 0.5) is 0 Å². The van der Waals surface area contributed by atoms with Crippen LogP contribution in [-0.2, 0) is 6.54 Å². The van der Waals surface area contributed by atoms with Crippen molar-refractivity contribution in [1.29, 1.82) is 0 Å². The summed E-state index contributed by atoms with van der Waals surface area (Å²) in [6.07, 6.45) is 0. The van der Waals surface area contributed by atoms with Gasteiger partial charge in [0.2, 0.25) is 0 Å². The van der Waals surface area contributed by atoms with Crippen LogP contribution in [0.2, 0.25) is 0 Å². The number of pyridine rings is 1. The van der Waals surface area contributed by atoms with Gasteiger partial charge in [0.05, 0.1) is 6.04 Å². The topological polar surface area (TPSA) is 55.6 Å². The van der Waals surface area contributed by atoms with Gasteiger partial charge in [0, 0.05) is 18.8 Å². The molecule has 1 atom stereocenters. The summed E-state index contributed by atoms with van der Waals surface area (Å²) in [6, 6.07) is 6.23. The average Bonchev–Trinajstić information content (AvgIpc) is 2.74. The molecule has 17 heavy (non-hydrogen) atoms. The van der Waals surface area contributed by atoms with Crippen molar-refractivity contribution in [3.63, 3.8) is 0 Å². The van der Waals surface area contributed by atoms with Gasteiger partial charge in [-0.3, -0.25) is 0 Å². The summed E-state index contributed by atoms with van der Waals surface area (Å²) in [7, 11) is 0. The highest BCUT2D eigenvalue weighted by atomic mass is 15.3. The highest BCUT2D eigenvalue weighted by Gasteiger charge is 2.22. The van der Waals surface area contributed by atoms with Crippen LogP contribution < -0.4 is 5.32 Å². The second kappa shape index (κ2) is 3.92. The molecular weight excluding hydrogens is 214 g/mol. The van der Waals surface area contributed by atoms with Crippen LogP contribution in [0.25, 0.3) is 11.5 Å². The van der Waals surface area contributed by atoms with Gasteiger partial charge in [0.15, 0.2) is 5.82 Å². The molecule has 0 aliphatic carbocycles. The Bertz CT molecular complexity index is 546. The Morgan fingerprint density at radius 2 is 2.24 bits per heavy atom. The Balaban J connectivity index is 2.10. The maximum absolute atomic E-state index is 4.51. The predicted molar refractivity (Wildman–Crippen MR) is 64.4 cm³/mol. The van der Waals surface area contributed by atoms with E-state index in [9.17, 15) is 0 Å². The van der Waals surface area contributed by atoms with Gasteiger partial charge in [-0.15, -0.1) is 10.2 Å². The van der Waals surface area contributed by atoms with Crippen molar-refractivity contribution in [2.24, 2.45) is 0 Å². The van der Waals surface area contributed by atoms with Crippen LogP contribution in [0.15, 0.2) is 18.2 Å². The third kappa shape index (κ3) is 1.72. The number of aryl methyl sites for hydroxylation is 1. The van der Waals surface area contributed by atoms with Gasteiger partial charge in [0.25, 0.3) is 0 Å². The Morgan fingerprint density at radius 3 is 3.06 bits per heavy atom. The SMILES string of the molecule is Cc1cccc(-c2nnc3n2CCN[C@@H]3C)n1. The minimum Gasteiger partial charge on any atom is -0.307 e. The van der Waals surface area contributed by atoms with E-state index in [1.165, 1.54) is 0 Å². The quantitative estimate of drug-likeness (QED) is 0.801. The standard InChI is InChI=1S/C12H15N5/c1-8-4-3-5-10(14-8)12-16-15-11-9(2)13-6-7-17(11)12/h3-5,9,13H,6-7H2,1-2H3/t9-/m1/s1. The predicted octanol–water partition coefficient (Wildman–Crippen LogP) is 1.31. The molecule has 0 amide bonds. The third-order valence-corrected chi connectivity index (χ3v) is 3.07. The molecule has 3 heterocycles. The molecule has 5 heteroatoms.